The van der Waals surface area contributed by atoms with Gasteiger partial charge < -0.3 is 10.2 Å². The molecule has 0 fully saturated rings. The van der Waals surface area contributed by atoms with Crippen molar-refractivity contribution >= 4 is 11.6 Å². The maximum atomic E-state index is 12.5. The van der Waals surface area contributed by atoms with Crippen LogP contribution >= 0.6 is 0 Å². The van der Waals surface area contributed by atoms with E-state index in [0.29, 0.717) is 19.5 Å². The van der Waals surface area contributed by atoms with Crippen molar-refractivity contribution in [2.75, 3.05) is 11.9 Å². The van der Waals surface area contributed by atoms with Gasteiger partial charge in [-0.3, -0.25) is 4.79 Å². The largest absolute Gasteiger partial charge is 0.385 e. The summed E-state index contributed by atoms with van der Waals surface area (Å²) in [5.74, 6) is 0.184. The lowest BCUT2D eigenvalue weighted by atomic mass is 10.1. The minimum atomic E-state index is 0.184. The van der Waals surface area contributed by atoms with Crippen LogP contribution in [0.25, 0.3) is 0 Å². The number of anilines is 1. The van der Waals surface area contributed by atoms with Crippen LogP contribution in [0, 0.1) is 6.92 Å². The summed E-state index contributed by atoms with van der Waals surface area (Å²) < 4.78 is 0. The Kier molecular flexibility index (Phi) is 6.21. The molecule has 2 aromatic carbocycles. The van der Waals surface area contributed by atoms with Crippen LogP contribution in [0.5, 0.6) is 0 Å². The van der Waals surface area contributed by atoms with E-state index in [1.54, 1.807) is 0 Å². The van der Waals surface area contributed by atoms with Crippen LogP contribution in [0.15, 0.2) is 54.6 Å². The molecule has 0 unspecified atom stereocenters. The van der Waals surface area contributed by atoms with Crippen molar-refractivity contribution < 1.29 is 4.79 Å². The molecule has 1 N–H and O–H groups in total. The highest BCUT2D eigenvalue weighted by Crippen LogP contribution is 2.11. The van der Waals surface area contributed by atoms with Gasteiger partial charge in [0.25, 0.3) is 0 Å². The van der Waals surface area contributed by atoms with E-state index < -0.39 is 0 Å². The number of benzene rings is 2. The van der Waals surface area contributed by atoms with Gasteiger partial charge >= 0.3 is 0 Å². The molecule has 23 heavy (non-hydrogen) atoms. The summed E-state index contributed by atoms with van der Waals surface area (Å²) in [4.78, 5) is 14.5. The molecule has 2 rings (SSSR count). The number of aryl methyl sites for hydroxylation is 1. The van der Waals surface area contributed by atoms with Gasteiger partial charge in [0.15, 0.2) is 0 Å². The van der Waals surface area contributed by atoms with Crippen molar-refractivity contribution in [3.05, 3.63) is 65.7 Å². The second-order valence-electron chi connectivity index (χ2n) is 6.14. The van der Waals surface area contributed by atoms with Crippen LogP contribution in [0.4, 0.5) is 5.69 Å². The van der Waals surface area contributed by atoms with Gasteiger partial charge in [0.1, 0.15) is 0 Å². The summed E-state index contributed by atoms with van der Waals surface area (Å²) in [5.41, 5.74) is 3.46. The van der Waals surface area contributed by atoms with E-state index in [1.165, 1.54) is 11.1 Å². The summed E-state index contributed by atoms with van der Waals surface area (Å²) >= 11 is 0. The third-order valence-corrected chi connectivity index (χ3v) is 3.86. The lowest BCUT2D eigenvalue weighted by molar-refractivity contribution is -0.133. The molecule has 0 aromatic heterocycles. The number of amides is 1. The van der Waals surface area contributed by atoms with Crippen molar-refractivity contribution in [1.29, 1.82) is 0 Å². The Bertz CT molecular complexity index is 605. The first kappa shape index (κ1) is 17.1. The van der Waals surface area contributed by atoms with Crippen molar-refractivity contribution in [3.8, 4) is 0 Å². The van der Waals surface area contributed by atoms with Gasteiger partial charge in [-0.05, 0) is 38.5 Å². The van der Waals surface area contributed by atoms with Crippen LogP contribution in [-0.4, -0.2) is 23.4 Å². The van der Waals surface area contributed by atoms with Crippen LogP contribution < -0.4 is 5.32 Å². The average Bonchev–Trinajstić information content (AvgIpc) is 2.55. The van der Waals surface area contributed by atoms with Gasteiger partial charge in [-0.1, -0.05) is 48.0 Å². The summed E-state index contributed by atoms with van der Waals surface area (Å²) in [6.45, 7) is 7.52. The molecule has 2 aromatic rings. The molecule has 3 nitrogen and oxygen atoms in total. The second kappa shape index (κ2) is 8.37. The van der Waals surface area contributed by atoms with Crippen molar-refractivity contribution in [2.45, 2.75) is 39.8 Å². The van der Waals surface area contributed by atoms with E-state index in [4.69, 9.17) is 0 Å². The molecule has 0 atom stereocenters. The molecule has 0 aliphatic rings. The number of hydrogen-bond acceptors (Lipinski definition) is 2. The van der Waals surface area contributed by atoms with Gasteiger partial charge in [0.2, 0.25) is 5.91 Å². The molecule has 0 aliphatic carbocycles. The lowest BCUT2D eigenvalue weighted by Gasteiger charge is -2.27. The summed E-state index contributed by atoms with van der Waals surface area (Å²) in [6, 6.07) is 18.6. The van der Waals surface area contributed by atoms with Gasteiger partial charge in [0.05, 0.1) is 0 Å². The van der Waals surface area contributed by atoms with Crippen LogP contribution in [0.2, 0.25) is 0 Å². The molecule has 0 saturated heterocycles. The van der Waals surface area contributed by atoms with E-state index in [0.717, 1.165) is 5.69 Å². The third kappa shape index (κ3) is 5.44. The SMILES string of the molecule is Cc1ccc(NCCC(=O)N(Cc2ccccc2)C(C)C)cc1. The Hall–Kier alpha value is -2.29. The van der Waals surface area contributed by atoms with Gasteiger partial charge in [-0.25, -0.2) is 0 Å². The Labute approximate surface area is 139 Å². The predicted molar refractivity (Wildman–Crippen MR) is 96.4 cm³/mol. The molecule has 0 saturated carbocycles. The maximum absolute atomic E-state index is 12.5. The van der Waals surface area contributed by atoms with Gasteiger partial charge in [0, 0.05) is 31.2 Å². The third-order valence-electron chi connectivity index (χ3n) is 3.86. The summed E-state index contributed by atoms with van der Waals surface area (Å²) in [5, 5.41) is 3.31. The van der Waals surface area contributed by atoms with Gasteiger partial charge in [-0.2, -0.15) is 0 Å². The zero-order chi connectivity index (χ0) is 16.7. The van der Waals surface area contributed by atoms with Crippen LogP contribution in [-0.2, 0) is 11.3 Å². The maximum Gasteiger partial charge on any atom is 0.224 e. The van der Waals surface area contributed by atoms with E-state index >= 15 is 0 Å². The quantitative estimate of drug-likeness (QED) is 0.830. The fourth-order valence-corrected chi connectivity index (χ4v) is 2.47. The van der Waals surface area contributed by atoms with Crippen molar-refractivity contribution in [1.82, 2.24) is 4.90 Å². The molecular weight excluding hydrogens is 284 g/mol. The first-order valence-electron chi connectivity index (χ1n) is 8.20. The Morgan fingerprint density at radius 2 is 1.70 bits per heavy atom. The standard InChI is InChI=1S/C20H26N2O/c1-16(2)22(15-18-7-5-4-6-8-18)20(23)13-14-21-19-11-9-17(3)10-12-19/h4-12,16,21H,13-15H2,1-3H3. The molecule has 0 spiro atoms. The second-order valence-corrected chi connectivity index (χ2v) is 6.14. The number of carbonyl (C=O) groups excluding carboxylic acids is 1. The summed E-state index contributed by atoms with van der Waals surface area (Å²) in [6.07, 6.45) is 0.499. The molecule has 1 amide bonds. The molecule has 0 radical (unpaired) electrons. The zero-order valence-electron chi connectivity index (χ0n) is 14.3. The monoisotopic (exact) mass is 310 g/mol. The minimum absolute atomic E-state index is 0.184. The molecule has 3 heteroatoms. The average molecular weight is 310 g/mol. The van der Waals surface area contributed by atoms with E-state index in [1.807, 2.05) is 35.2 Å². The number of nitrogens with zero attached hydrogens (tertiary/aromatic N) is 1. The highest BCUT2D eigenvalue weighted by atomic mass is 16.2. The smallest absolute Gasteiger partial charge is 0.224 e. The Morgan fingerprint density at radius 3 is 2.30 bits per heavy atom. The fourth-order valence-electron chi connectivity index (χ4n) is 2.47. The predicted octanol–water partition coefficient (Wildman–Crippen LogP) is 4.23. The van der Waals surface area contributed by atoms with E-state index in [2.05, 4.69) is 50.4 Å². The van der Waals surface area contributed by atoms with Gasteiger partial charge in [-0.15, -0.1) is 0 Å². The Balaban J connectivity index is 1.87. The molecule has 0 bridgehead atoms. The molecular formula is C20H26N2O. The Morgan fingerprint density at radius 1 is 1.04 bits per heavy atom. The molecule has 0 heterocycles. The number of nitrogens with one attached hydrogen (secondary N) is 1. The first-order valence-corrected chi connectivity index (χ1v) is 8.20. The first-order chi connectivity index (χ1) is 11.1. The number of carbonyl (C=O) groups is 1. The van der Waals surface area contributed by atoms with Crippen LogP contribution in [0.3, 0.4) is 0 Å². The number of rotatable bonds is 7. The fraction of sp³-hybridized carbons (Fsp3) is 0.350. The highest BCUT2D eigenvalue weighted by molar-refractivity contribution is 5.77. The lowest BCUT2D eigenvalue weighted by Crippen LogP contribution is -2.37. The summed E-state index contributed by atoms with van der Waals surface area (Å²) in [7, 11) is 0. The van der Waals surface area contributed by atoms with Crippen molar-refractivity contribution in [2.24, 2.45) is 0 Å². The topological polar surface area (TPSA) is 32.3 Å². The number of hydrogen-bond donors (Lipinski definition) is 1. The highest BCUT2D eigenvalue weighted by Gasteiger charge is 2.16. The minimum Gasteiger partial charge on any atom is -0.385 e. The van der Waals surface area contributed by atoms with Crippen LogP contribution in [0.1, 0.15) is 31.4 Å². The molecule has 122 valence electrons. The van der Waals surface area contributed by atoms with E-state index in [-0.39, 0.29) is 11.9 Å². The van der Waals surface area contributed by atoms with E-state index in [9.17, 15) is 4.79 Å². The molecule has 0 aliphatic heterocycles. The zero-order valence-corrected chi connectivity index (χ0v) is 14.3. The normalized spacial score (nSPS) is 10.6. The van der Waals surface area contributed by atoms with Crippen molar-refractivity contribution in [3.63, 3.8) is 0 Å².